The summed E-state index contributed by atoms with van der Waals surface area (Å²) in [5, 5.41) is 2.92. The second-order valence-electron chi connectivity index (χ2n) is 8.22. The van der Waals surface area contributed by atoms with Crippen molar-refractivity contribution in [3.8, 4) is 0 Å². The summed E-state index contributed by atoms with van der Waals surface area (Å²) < 4.78 is 28.5. The minimum atomic E-state index is -4.22. The summed E-state index contributed by atoms with van der Waals surface area (Å²) in [5.74, 6) is -0.870. The minimum Gasteiger partial charge on any atom is -0.355 e. The number of amides is 2. The molecule has 0 saturated heterocycles. The average molecular weight is 563 g/mol. The van der Waals surface area contributed by atoms with Gasteiger partial charge in [-0.15, -0.1) is 0 Å². The normalized spacial score (nSPS) is 12.0. The molecule has 1 N–H and O–H groups in total. The van der Waals surface area contributed by atoms with E-state index in [0.717, 1.165) is 9.87 Å². The SMILES string of the molecule is CCNC(=O)C(CC)N(Cc1ccccc1)C(=O)CN(c1cccc(Cl)c1Cl)S(=O)(=O)c1ccccc1. The Morgan fingerprint density at radius 3 is 2.11 bits per heavy atom. The maximum atomic E-state index is 13.9. The van der Waals surface area contributed by atoms with E-state index >= 15 is 0 Å². The van der Waals surface area contributed by atoms with Crippen LogP contribution in [0, 0.1) is 0 Å². The van der Waals surface area contributed by atoms with Crippen LogP contribution in [-0.2, 0) is 26.2 Å². The molecule has 0 aliphatic carbocycles. The highest BCUT2D eigenvalue weighted by molar-refractivity contribution is 7.92. The Labute approximate surface area is 228 Å². The first-order chi connectivity index (χ1) is 17.7. The van der Waals surface area contributed by atoms with Gasteiger partial charge in [0.1, 0.15) is 12.6 Å². The van der Waals surface area contributed by atoms with E-state index in [1.165, 1.54) is 29.2 Å². The van der Waals surface area contributed by atoms with E-state index in [2.05, 4.69) is 5.32 Å². The van der Waals surface area contributed by atoms with Gasteiger partial charge >= 0.3 is 0 Å². The first kappa shape index (κ1) is 28.5. The summed E-state index contributed by atoms with van der Waals surface area (Å²) in [5.41, 5.74) is 0.869. The molecule has 3 rings (SSSR count). The quantitative estimate of drug-likeness (QED) is 0.351. The van der Waals surface area contributed by atoms with Crippen LogP contribution in [0.4, 0.5) is 5.69 Å². The minimum absolute atomic E-state index is 0.00171. The van der Waals surface area contributed by atoms with Gasteiger partial charge in [0.05, 0.1) is 20.6 Å². The Kier molecular flexibility index (Phi) is 9.97. The van der Waals surface area contributed by atoms with Gasteiger partial charge in [0.25, 0.3) is 10.0 Å². The zero-order chi connectivity index (χ0) is 27.0. The maximum absolute atomic E-state index is 13.9. The van der Waals surface area contributed by atoms with Crippen molar-refractivity contribution in [1.82, 2.24) is 10.2 Å². The van der Waals surface area contributed by atoms with Gasteiger partial charge in [0.15, 0.2) is 0 Å². The smallest absolute Gasteiger partial charge is 0.264 e. The van der Waals surface area contributed by atoms with E-state index in [-0.39, 0.29) is 33.1 Å². The molecule has 0 heterocycles. The lowest BCUT2D eigenvalue weighted by atomic mass is 10.1. The maximum Gasteiger partial charge on any atom is 0.264 e. The van der Waals surface area contributed by atoms with E-state index in [9.17, 15) is 18.0 Å². The molecule has 3 aromatic rings. The number of nitrogens with one attached hydrogen (secondary N) is 1. The first-order valence-corrected chi connectivity index (χ1v) is 14.0. The van der Waals surface area contributed by atoms with E-state index < -0.39 is 28.5 Å². The van der Waals surface area contributed by atoms with Crippen molar-refractivity contribution in [2.75, 3.05) is 17.4 Å². The number of anilines is 1. The molecular weight excluding hydrogens is 533 g/mol. The number of hydrogen-bond acceptors (Lipinski definition) is 4. The molecule has 3 aromatic carbocycles. The Hall–Kier alpha value is -3.07. The third-order valence-electron chi connectivity index (χ3n) is 5.74. The lowest BCUT2D eigenvalue weighted by Crippen LogP contribution is -2.52. The van der Waals surface area contributed by atoms with Gasteiger partial charge in [-0.2, -0.15) is 0 Å². The molecule has 0 aromatic heterocycles. The van der Waals surface area contributed by atoms with Gasteiger partial charge < -0.3 is 10.2 Å². The molecule has 0 spiro atoms. The second-order valence-corrected chi connectivity index (χ2v) is 10.9. The number of halogens is 2. The Bertz CT molecular complexity index is 1320. The van der Waals surface area contributed by atoms with Crippen LogP contribution in [0.5, 0.6) is 0 Å². The van der Waals surface area contributed by atoms with Crippen LogP contribution in [0.2, 0.25) is 10.0 Å². The fourth-order valence-corrected chi connectivity index (χ4v) is 5.80. The zero-order valence-electron chi connectivity index (χ0n) is 20.6. The van der Waals surface area contributed by atoms with Crippen LogP contribution in [0.3, 0.4) is 0 Å². The van der Waals surface area contributed by atoms with Crippen molar-refractivity contribution >= 4 is 50.7 Å². The van der Waals surface area contributed by atoms with Gasteiger partial charge in [-0.05, 0) is 43.2 Å². The molecule has 37 heavy (non-hydrogen) atoms. The van der Waals surface area contributed by atoms with Crippen LogP contribution in [0.1, 0.15) is 25.8 Å². The molecule has 0 aliphatic rings. The van der Waals surface area contributed by atoms with Gasteiger partial charge in [0.2, 0.25) is 11.8 Å². The fraction of sp³-hybridized carbons (Fsp3) is 0.259. The molecule has 10 heteroatoms. The number of sulfonamides is 1. The molecule has 1 atom stereocenters. The second kappa shape index (κ2) is 12.9. The topological polar surface area (TPSA) is 86.8 Å². The van der Waals surface area contributed by atoms with E-state index in [1.54, 1.807) is 38.1 Å². The Balaban J connectivity index is 2.08. The lowest BCUT2D eigenvalue weighted by Gasteiger charge is -2.33. The highest BCUT2D eigenvalue weighted by Crippen LogP contribution is 2.35. The predicted octanol–water partition coefficient (Wildman–Crippen LogP) is 5.13. The number of nitrogens with zero attached hydrogens (tertiary/aromatic N) is 2. The summed E-state index contributed by atoms with van der Waals surface area (Å²) in [6, 6.07) is 20.8. The van der Waals surface area contributed by atoms with Gasteiger partial charge in [-0.3, -0.25) is 13.9 Å². The number of benzene rings is 3. The number of carbonyl (C=O) groups excluding carboxylic acids is 2. The van der Waals surface area contributed by atoms with Gasteiger partial charge in [-0.25, -0.2) is 8.42 Å². The number of rotatable bonds is 11. The Morgan fingerprint density at radius 1 is 0.892 bits per heavy atom. The molecule has 0 fully saturated rings. The van der Waals surface area contributed by atoms with E-state index in [0.29, 0.717) is 13.0 Å². The number of likely N-dealkylation sites (N-methyl/N-ethyl adjacent to an activating group) is 1. The summed E-state index contributed by atoms with van der Waals surface area (Å²) in [6.07, 6.45) is 0.341. The van der Waals surface area contributed by atoms with E-state index in [1.807, 2.05) is 30.3 Å². The standard InChI is InChI=1S/C27H29Cl2N3O4S/c1-3-23(27(34)30-4-2)31(18-20-12-7-5-8-13-20)25(33)19-32(24-17-11-16-22(28)26(24)29)37(35,36)21-14-9-6-10-15-21/h5-17,23H,3-4,18-19H2,1-2H3,(H,30,34). The Morgan fingerprint density at radius 2 is 1.51 bits per heavy atom. The van der Waals surface area contributed by atoms with Crippen molar-refractivity contribution in [3.63, 3.8) is 0 Å². The highest BCUT2D eigenvalue weighted by Gasteiger charge is 2.34. The van der Waals surface area contributed by atoms with Crippen LogP contribution < -0.4 is 9.62 Å². The molecule has 0 aliphatic heterocycles. The largest absolute Gasteiger partial charge is 0.355 e. The number of hydrogen-bond donors (Lipinski definition) is 1. The monoisotopic (exact) mass is 561 g/mol. The molecule has 0 bridgehead atoms. The van der Waals surface area contributed by atoms with Crippen molar-refractivity contribution in [3.05, 3.63) is 94.5 Å². The molecule has 2 amide bonds. The van der Waals surface area contributed by atoms with Gasteiger partial charge in [0, 0.05) is 13.1 Å². The molecule has 196 valence electrons. The molecule has 0 saturated carbocycles. The summed E-state index contributed by atoms with van der Waals surface area (Å²) >= 11 is 12.6. The highest BCUT2D eigenvalue weighted by atomic mass is 35.5. The molecule has 7 nitrogen and oxygen atoms in total. The number of carbonyl (C=O) groups is 2. The molecule has 0 radical (unpaired) electrons. The van der Waals surface area contributed by atoms with Crippen LogP contribution >= 0.6 is 23.2 Å². The van der Waals surface area contributed by atoms with Crippen molar-refractivity contribution in [2.24, 2.45) is 0 Å². The molecular formula is C27H29Cl2N3O4S. The summed E-state index contributed by atoms with van der Waals surface area (Å²) in [7, 11) is -4.22. The fourth-order valence-electron chi connectivity index (χ4n) is 3.91. The predicted molar refractivity (Wildman–Crippen MR) is 147 cm³/mol. The first-order valence-electron chi connectivity index (χ1n) is 11.8. The van der Waals surface area contributed by atoms with Crippen LogP contribution in [0.15, 0.2) is 83.8 Å². The van der Waals surface area contributed by atoms with Crippen molar-refractivity contribution in [2.45, 2.75) is 37.8 Å². The summed E-state index contributed by atoms with van der Waals surface area (Å²) in [6.45, 7) is 3.54. The van der Waals surface area contributed by atoms with E-state index in [4.69, 9.17) is 23.2 Å². The van der Waals surface area contributed by atoms with Crippen molar-refractivity contribution in [1.29, 1.82) is 0 Å². The average Bonchev–Trinajstić information content (AvgIpc) is 2.90. The van der Waals surface area contributed by atoms with Crippen LogP contribution in [0.25, 0.3) is 0 Å². The zero-order valence-corrected chi connectivity index (χ0v) is 22.9. The third kappa shape index (κ3) is 6.83. The summed E-state index contributed by atoms with van der Waals surface area (Å²) in [4.78, 5) is 28.2. The lowest BCUT2D eigenvalue weighted by molar-refractivity contribution is -0.140. The van der Waals surface area contributed by atoms with Crippen molar-refractivity contribution < 1.29 is 18.0 Å². The van der Waals surface area contributed by atoms with Gasteiger partial charge in [-0.1, -0.05) is 84.7 Å². The molecule has 1 unspecified atom stereocenters. The third-order valence-corrected chi connectivity index (χ3v) is 8.33. The van der Waals surface area contributed by atoms with Crippen LogP contribution in [-0.4, -0.2) is 44.3 Å².